The van der Waals surface area contributed by atoms with Gasteiger partial charge in [0.25, 0.3) is 0 Å². The first-order valence-electron chi connectivity index (χ1n) is 6.86. The number of benzene rings is 1. The smallest absolute Gasteiger partial charge is 0.234 e. The zero-order chi connectivity index (χ0) is 13.7. The van der Waals surface area contributed by atoms with Gasteiger partial charge >= 0.3 is 0 Å². The van der Waals surface area contributed by atoms with E-state index in [9.17, 15) is 9.90 Å². The maximum Gasteiger partial charge on any atom is 0.234 e. The Hall–Kier alpha value is -1.39. The molecule has 0 unspecified atom stereocenters. The summed E-state index contributed by atoms with van der Waals surface area (Å²) in [7, 11) is 0. The van der Waals surface area contributed by atoms with Crippen molar-refractivity contribution in [2.24, 2.45) is 0 Å². The fraction of sp³-hybridized carbons (Fsp3) is 0.533. The predicted molar refractivity (Wildman–Crippen MR) is 74.7 cm³/mol. The first kappa shape index (κ1) is 14.0. The van der Waals surface area contributed by atoms with E-state index in [2.05, 4.69) is 10.2 Å². The average molecular weight is 262 g/mol. The maximum atomic E-state index is 11.9. The van der Waals surface area contributed by atoms with Gasteiger partial charge in [-0.05, 0) is 31.9 Å². The minimum Gasteiger partial charge on any atom is -0.395 e. The zero-order valence-electron chi connectivity index (χ0n) is 11.4. The van der Waals surface area contributed by atoms with E-state index in [0.29, 0.717) is 13.1 Å². The second-order valence-corrected chi connectivity index (χ2v) is 5.21. The Morgan fingerprint density at radius 2 is 2.16 bits per heavy atom. The highest BCUT2D eigenvalue weighted by Gasteiger charge is 2.25. The van der Waals surface area contributed by atoms with Crippen molar-refractivity contribution in [3.8, 4) is 0 Å². The molecule has 1 aromatic rings. The van der Waals surface area contributed by atoms with Crippen molar-refractivity contribution in [2.45, 2.75) is 32.4 Å². The summed E-state index contributed by atoms with van der Waals surface area (Å²) in [5.74, 6) is 0.0286. The minimum atomic E-state index is 0.0286. The number of amides is 1. The largest absolute Gasteiger partial charge is 0.395 e. The van der Waals surface area contributed by atoms with Crippen LogP contribution in [0.4, 0.5) is 0 Å². The Bertz CT molecular complexity index is 417. The van der Waals surface area contributed by atoms with Crippen LogP contribution >= 0.6 is 0 Å². The third-order valence-electron chi connectivity index (χ3n) is 3.67. The Morgan fingerprint density at radius 1 is 1.42 bits per heavy atom. The normalized spacial score (nSPS) is 19.6. The monoisotopic (exact) mass is 262 g/mol. The lowest BCUT2D eigenvalue weighted by molar-refractivity contribution is -0.122. The molecule has 4 heteroatoms. The molecule has 104 valence electrons. The van der Waals surface area contributed by atoms with Crippen LogP contribution in [-0.2, 0) is 11.3 Å². The van der Waals surface area contributed by atoms with Crippen LogP contribution in [0, 0.1) is 6.92 Å². The van der Waals surface area contributed by atoms with Crippen molar-refractivity contribution in [1.82, 2.24) is 10.2 Å². The van der Waals surface area contributed by atoms with E-state index < -0.39 is 0 Å². The molecule has 0 aliphatic carbocycles. The minimum absolute atomic E-state index is 0.0286. The van der Waals surface area contributed by atoms with Gasteiger partial charge in [0, 0.05) is 12.6 Å². The number of aliphatic hydroxyl groups is 1. The SMILES string of the molecule is Cc1ccc(CNC(=O)CN2CCC[C@@H]2CO)cc1. The number of likely N-dealkylation sites (tertiary alicyclic amines) is 1. The predicted octanol–water partition coefficient (Wildman–Crippen LogP) is 1.07. The lowest BCUT2D eigenvalue weighted by Crippen LogP contribution is -2.40. The number of aliphatic hydroxyl groups excluding tert-OH is 1. The van der Waals surface area contributed by atoms with Gasteiger partial charge in [0.15, 0.2) is 0 Å². The van der Waals surface area contributed by atoms with Gasteiger partial charge in [0.2, 0.25) is 5.91 Å². The van der Waals surface area contributed by atoms with E-state index in [1.54, 1.807) is 0 Å². The van der Waals surface area contributed by atoms with Crippen molar-refractivity contribution in [3.05, 3.63) is 35.4 Å². The quantitative estimate of drug-likeness (QED) is 0.834. The third-order valence-corrected chi connectivity index (χ3v) is 3.67. The van der Waals surface area contributed by atoms with E-state index in [0.717, 1.165) is 24.9 Å². The summed E-state index contributed by atoms with van der Waals surface area (Å²) in [6.07, 6.45) is 2.05. The van der Waals surface area contributed by atoms with E-state index in [1.165, 1.54) is 5.56 Å². The topological polar surface area (TPSA) is 52.6 Å². The van der Waals surface area contributed by atoms with E-state index in [-0.39, 0.29) is 18.6 Å². The van der Waals surface area contributed by atoms with Gasteiger partial charge in [-0.1, -0.05) is 29.8 Å². The number of nitrogens with zero attached hydrogens (tertiary/aromatic N) is 1. The summed E-state index contributed by atoms with van der Waals surface area (Å²) in [6, 6.07) is 8.31. The van der Waals surface area contributed by atoms with Crippen molar-refractivity contribution >= 4 is 5.91 Å². The fourth-order valence-electron chi connectivity index (χ4n) is 2.46. The number of carbonyl (C=O) groups is 1. The van der Waals surface area contributed by atoms with Gasteiger partial charge < -0.3 is 10.4 Å². The van der Waals surface area contributed by atoms with Gasteiger partial charge in [-0.25, -0.2) is 0 Å². The number of nitrogens with one attached hydrogen (secondary N) is 1. The molecule has 1 heterocycles. The molecule has 1 aliphatic rings. The van der Waals surface area contributed by atoms with Crippen LogP contribution in [0.5, 0.6) is 0 Å². The molecule has 1 aliphatic heterocycles. The number of hydrogen-bond acceptors (Lipinski definition) is 3. The number of rotatable bonds is 5. The summed E-state index contributed by atoms with van der Waals surface area (Å²) in [4.78, 5) is 13.9. The van der Waals surface area contributed by atoms with Crippen molar-refractivity contribution in [1.29, 1.82) is 0 Å². The van der Waals surface area contributed by atoms with Crippen LogP contribution in [0.3, 0.4) is 0 Å². The molecule has 19 heavy (non-hydrogen) atoms. The average Bonchev–Trinajstić information content (AvgIpc) is 2.85. The number of aryl methyl sites for hydroxylation is 1. The third kappa shape index (κ3) is 4.04. The van der Waals surface area contributed by atoms with E-state index >= 15 is 0 Å². The molecule has 1 atom stereocenters. The molecule has 1 saturated heterocycles. The van der Waals surface area contributed by atoms with Crippen LogP contribution in [0.25, 0.3) is 0 Å². The lowest BCUT2D eigenvalue weighted by atomic mass is 10.1. The van der Waals surface area contributed by atoms with Crippen LogP contribution in [0.2, 0.25) is 0 Å². The summed E-state index contributed by atoms with van der Waals surface area (Å²) >= 11 is 0. The zero-order valence-corrected chi connectivity index (χ0v) is 11.4. The Kier molecular flexibility index (Phi) is 4.93. The second-order valence-electron chi connectivity index (χ2n) is 5.21. The first-order valence-corrected chi connectivity index (χ1v) is 6.86. The summed E-state index contributed by atoms with van der Waals surface area (Å²) in [6.45, 7) is 4.05. The number of carbonyl (C=O) groups excluding carboxylic acids is 1. The van der Waals surface area contributed by atoms with Crippen LogP contribution in [-0.4, -0.2) is 41.7 Å². The molecule has 0 bridgehead atoms. The maximum absolute atomic E-state index is 11.9. The second kappa shape index (κ2) is 6.68. The fourth-order valence-corrected chi connectivity index (χ4v) is 2.46. The molecular weight excluding hydrogens is 240 g/mol. The molecule has 4 nitrogen and oxygen atoms in total. The van der Waals surface area contributed by atoms with E-state index in [1.807, 2.05) is 31.2 Å². The highest BCUT2D eigenvalue weighted by molar-refractivity contribution is 5.78. The van der Waals surface area contributed by atoms with Crippen LogP contribution in [0.1, 0.15) is 24.0 Å². The molecule has 0 radical (unpaired) electrons. The summed E-state index contributed by atoms with van der Waals surface area (Å²) in [5, 5.41) is 12.1. The molecule has 0 spiro atoms. The van der Waals surface area contributed by atoms with Gasteiger partial charge in [0.1, 0.15) is 0 Å². The van der Waals surface area contributed by atoms with Crippen LogP contribution < -0.4 is 5.32 Å². The summed E-state index contributed by atoms with van der Waals surface area (Å²) < 4.78 is 0. The van der Waals surface area contributed by atoms with Gasteiger partial charge in [0.05, 0.1) is 13.2 Å². The van der Waals surface area contributed by atoms with Crippen molar-refractivity contribution < 1.29 is 9.90 Å². The van der Waals surface area contributed by atoms with Gasteiger partial charge in [-0.3, -0.25) is 9.69 Å². The standard InChI is InChI=1S/C15H22N2O2/c1-12-4-6-13(7-5-12)9-16-15(19)10-17-8-2-3-14(17)11-18/h4-7,14,18H,2-3,8-11H2,1H3,(H,16,19)/t14-/m1/s1. The molecule has 0 aromatic heterocycles. The molecule has 1 aromatic carbocycles. The molecule has 1 fully saturated rings. The molecule has 1 amide bonds. The van der Waals surface area contributed by atoms with Crippen molar-refractivity contribution in [2.75, 3.05) is 19.7 Å². The Labute approximate surface area is 114 Å². The molecule has 2 rings (SSSR count). The lowest BCUT2D eigenvalue weighted by Gasteiger charge is -2.21. The highest BCUT2D eigenvalue weighted by Crippen LogP contribution is 2.15. The molecule has 2 N–H and O–H groups in total. The summed E-state index contributed by atoms with van der Waals surface area (Å²) in [5.41, 5.74) is 2.33. The van der Waals surface area contributed by atoms with Crippen LogP contribution in [0.15, 0.2) is 24.3 Å². The number of hydrogen-bond donors (Lipinski definition) is 2. The van der Waals surface area contributed by atoms with Gasteiger partial charge in [-0.15, -0.1) is 0 Å². The Balaban J connectivity index is 1.77. The highest BCUT2D eigenvalue weighted by atomic mass is 16.3. The van der Waals surface area contributed by atoms with Gasteiger partial charge in [-0.2, -0.15) is 0 Å². The van der Waals surface area contributed by atoms with E-state index in [4.69, 9.17) is 0 Å². The first-order chi connectivity index (χ1) is 9.19. The van der Waals surface area contributed by atoms with Crippen molar-refractivity contribution in [3.63, 3.8) is 0 Å². The Morgan fingerprint density at radius 3 is 2.84 bits per heavy atom. The molecular formula is C15H22N2O2. The molecule has 0 saturated carbocycles.